The van der Waals surface area contributed by atoms with Crippen molar-refractivity contribution in [1.82, 2.24) is 29.9 Å². The van der Waals surface area contributed by atoms with E-state index < -0.39 is 0 Å². The van der Waals surface area contributed by atoms with Crippen LogP contribution in [0.1, 0.15) is 0 Å². The normalized spacial score (nSPS) is 11.8. The van der Waals surface area contributed by atoms with E-state index in [1.807, 2.05) is 83.9 Å². The summed E-state index contributed by atoms with van der Waals surface area (Å²) in [5, 5.41) is 28.2. The molecular formula is C140H84N6S3. The van der Waals surface area contributed by atoms with Crippen LogP contribution in [0, 0.1) is 0 Å². The van der Waals surface area contributed by atoms with Crippen LogP contribution in [-0.2, 0) is 0 Å². The summed E-state index contributed by atoms with van der Waals surface area (Å²) < 4.78 is 6.44. The van der Waals surface area contributed by atoms with Gasteiger partial charge in [-0.3, -0.25) is 19.9 Å². The minimum Gasteiger partial charge on any atom is -0.256 e. The van der Waals surface area contributed by atoms with Crippen LogP contribution >= 0.6 is 34.0 Å². The lowest BCUT2D eigenvalue weighted by Gasteiger charge is -2.16. The van der Waals surface area contributed by atoms with Crippen molar-refractivity contribution in [3.8, 4) is 123 Å². The second-order valence-electron chi connectivity index (χ2n) is 38.4. The Balaban J connectivity index is 0.000000106. The van der Waals surface area contributed by atoms with Gasteiger partial charge in [0.05, 0.1) is 33.5 Å². The van der Waals surface area contributed by atoms with Crippen LogP contribution in [0.25, 0.3) is 302 Å². The van der Waals surface area contributed by atoms with Crippen molar-refractivity contribution in [2.45, 2.75) is 0 Å². The Kier molecular flexibility index (Phi) is 21.1. The third-order valence-corrected chi connectivity index (χ3v) is 33.5. The topological polar surface area (TPSA) is 77.3 Å². The molecule has 0 fully saturated rings. The lowest BCUT2D eigenvalue weighted by molar-refractivity contribution is 1.32. The minimum atomic E-state index is 0.901. The standard InChI is InChI=1S/C50H30N2S.C49H29NS.C41H25N3S/c1-11-35(39-17-3-9-31-23-25-33-15-7-27-51-47(33)45(31)39)29-37(13-1)41-19-5-21-43-44-22-6-20-42(50(44)53-49(41)43)38-14-2-12-36(30-38)40-18-4-10-32-24-26-34-16-8-28-52-48(34)46(32)40;1-2-14-40-38(12-1)39-13-3-4-15-41(39)45-29-32(23-24-42(40)45)33-26-34(36-17-7-10-30-21-22-31-11-9-25-50-48(31)47(30)36)28-35(27-33)37-18-8-19-44-43-16-5-6-20-46(43)51-49(37)44;1-3-11-27(12-4-1)37-38(28-13-5-2-6-14-28)44-41-39(43-37)34-21-9-20-33(40(34)45-41)31-17-7-16-30(25-31)32-19-8-15-26-22-23-29-18-10-24-42-36(29)35(26)32/h1-30H;1-29H;1-25H. The highest BCUT2D eigenvalue weighted by atomic mass is 32.1. The van der Waals surface area contributed by atoms with Crippen molar-refractivity contribution >= 4 is 214 Å². The number of hydrogen-bond acceptors (Lipinski definition) is 9. The Bertz CT molecular complexity index is 10700. The van der Waals surface area contributed by atoms with E-state index in [1.165, 1.54) is 221 Å². The molecule has 0 aliphatic heterocycles. The molecule has 23 aromatic carbocycles. The first-order valence-electron chi connectivity index (χ1n) is 50.5. The first-order valence-corrected chi connectivity index (χ1v) is 52.9. The molecule has 8 aromatic heterocycles. The van der Waals surface area contributed by atoms with Crippen LogP contribution in [0.5, 0.6) is 0 Å². The van der Waals surface area contributed by atoms with E-state index in [1.54, 1.807) is 11.3 Å². The third-order valence-electron chi connectivity index (χ3n) is 29.9. The van der Waals surface area contributed by atoms with E-state index in [9.17, 15) is 0 Å². The molecule has 692 valence electrons. The lowest BCUT2D eigenvalue weighted by atomic mass is 9.88. The average Bonchev–Trinajstić information content (AvgIpc) is 1.33. The summed E-state index contributed by atoms with van der Waals surface area (Å²) in [5.41, 5.74) is 30.7. The molecule has 0 saturated heterocycles. The van der Waals surface area contributed by atoms with E-state index in [2.05, 4.69) is 449 Å². The smallest absolute Gasteiger partial charge is 0.143 e. The molecule has 0 aliphatic rings. The highest BCUT2D eigenvalue weighted by molar-refractivity contribution is 7.27. The van der Waals surface area contributed by atoms with Crippen LogP contribution in [0.4, 0.5) is 0 Å². The summed E-state index contributed by atoms with van der Waals surface area (Å²) >= 11 is 5.50. The zero-order valence-corrected chi connectivity index (χ0v) is 82.9. The highest BCUT2D eigenvalue weighted by Crippen LogP contribution is 2.51. The van der Waals surface area contributed by atoms with Gasteiger partial charge in [-0.15, -0.1) is 34.0 Å². The first kappa shape index (κ1) is 86.9. The van der Waals surface area contributed by atoms with Crippen LogP contribution in [-0.4, -0.2) is 29.9 Å². The summed E-state index contributed by atoms with van der Waals surface area (Å²) in [7, 11) is 0. The predicted octanol–water partition coefficient (Wildman–Crippen LogP) is 39.6. The fraction of sp³-hybridized carbons (Fsp3) is 0. The molecule has 31 rings (SSSR count). The fourth-order valence-electron chi connectivity index (χ4n) is 23.0. The van der Waals surface area contributed by atoms with Crippen molar-refractivity contribution in [3.63, 3.8) is 0 Å². The molecule has 0 N–H and O–H groups in total. The molecule has 9 heteroatoms. The molecule has 0 radical (unpaired) electrons. The number of aromatic nitrogens is 6. The molecule has 0 aliphatic carbocycles. The maximum atomic E-state index is 5.31. The number of benzene rings is 23. The van der Waals surface area contributed by atoms with Crippen molar-refractivity contribution in [3.05, 3.63) is 510 Å². The van der Waals surface area contributed by atoms with E-state index >= 15 is 0 Å². The SMILES string of the molecule is c1cc(-c2cccc3c2sc2c(-c4cccc(-c5cccc6ccc7cccnc7c56)c4)cccc23)cc(-c2cccc3ccc4cccnc4c23)c1.c1ccc(-c2nc3sc4c(-c5cccc(-c6cccc7ccc8cccnc8c67)c5)cccc4c3nc2-c2ccccc2)cc1.c1cnc2c(c1)ccc1cccc(-c3cc(-c4ccc5c6ccccc6c6ccccc6c5c4)cc(-c4cccc5c4sc4ccccc45)c3)c12. The molecule has 0 amide bonds. The Morgan fingerprint density at radius 3 is 0.859 bits per heavy atom. The van der Waals surface area contributed by atoms with Crippen LogP contribution in [0.15, 0.2) is 510 Å². The van der Waals surface area contributed by atoms with Gasteiger partial charge < -0.3 is 0 Å². The van der Waals surface area contributed by atoms with Gasteiger partial charge in [0.1, 0.15) is 10.3 Å². The highest BCUT2D eigenvalue weighted by Gasteiger charge is 2.25. The zero-order chi connectivity index (χ0) is 98.1. The van der Waals surface area contributed by atoms with Gasteiger partial charge >= 0.3 is 0 Å². The molecule has 0 bridgehead atoms. The predicted molar refractivity (Wildman–Crippen MR) is 637 cm³/mol. The number of thiophene rings is 3. The zero-order valence-electron chi connectivity index (χ0n) is 80.4. The van der Waals surface area contributed by atoms with Crippen molar-refractivity contribution in [2.75, 3.05) is 0 Å². The summed E-state index contributed by atoms with van der Waals surface area (Å²) in [4.78, 5) is 30.9. The van der Waals surface area contributed by atoms with Gasteiger partial charge in [0.2, 0.25) is 0 Å². The van der Waals surface area contributed by atoms with E-state index in [0.717, 1.165) is 81.9 Å². The Labute approximate surface area is 869 Å². The number of nitrogens with zero attached hydrogens (tertiary/aromatic N) is 6. The second-order valence-corrected chi connectivity index (χ2v) is 41.5. The summed E-state index contributed by atoms with van der Waals surface area (Å²) in [6.07, 6.45) is 7.58. The fourth-order valence-corrected chi connectivity index (χ4v) is 26.8. The van der Waals surface area contributed by atoms with Crippen molar-refractivity contribution < 1.29 is 0 Å². The summed E-state index contributed by atoms with van der Waals surface area (Å²) in [6, 6.07) is 176. The molecule has 0 spiro atoms. The summed E-state index contributed by atoms with van der Waals surface area (Å²) in [6.45, 7) is 0. The lowest BCUT2D eigenvalue weighted by Crippen LogP contribution is -1.93. The third kappa shape index (κ3) is 15.0. The Morgan fingerprint density at radius 2 is 0.423 bits per heavy atom. The van der Waals surface area contributed by atoms with E-state index in [4.69, 9.17) is 29.9 Å². The van der Waals surface area contributed by atoms with Gasteiger partial charge in [-0.25, -0.2) is 9.97 Å². The second kappa shape index (κ2) is 36.2. The monoisotopic (exact) mass is 1940 g/mol. The van der Waals surface area contributed by atoms with Gasteiger partial charge in [-0.1, -0.05) is 413 Å². The quantitative estimate of drug-likeness (QED) is 0.120. The van der Waals surface area contributed by atoms with Crippen LogP contribution in [0.2, 0.25) is 0 Å². The maximum Gasteiger partial charge on any atom is 0.143 e. The maximum absolute atomic E-state index is 5.31. The number of rotatable bonds is 11. The largest absolute Gasteiger partial charge is 0.256 e. The van der Waals surface area contributed by atoms with Gasteiger partial charge in [0.15, 0.2) is 0 Å². The number of fused-ring (bicyclic) bond motifs is 27. The Morgan fingerprint density at radius 1 is 0.141 bits per heavy atom. The molecule has 6 nitrogen and oxygen atoms in total. The van der Waals surface area contributed by atoms with Gasteiger partial charge in [0.25, 0.3) is 0 Å². The first-order chi connectivity index (χ1) is 73.9. The summed E-state index contributed by atoms with van der Waals surface area (Å²) in [5.74, 6) is 0. The molecular weight excluding hydrogens is 1860 g/mol. The van der Waals surface area contributed by atoms with Gasteiger partial charge in [-0.2, -0.15) is 0 Å². The molecule has 31 aromatic rings. The number of pyridine rings is 4. The van der Waals surface area contributed by atoms with Crippen molar-refractivity contribution in [1.29, 1.82) is 0 Å². The molecule has 149 heavy (non-hydrogen) atoms. The Hall–Kier alpha value is -18.7. The molecule has 8 heterocycles. The van der Waals surface area contributed by atoms with Gasteiger partial charge in [-0.05, 0) is 227 Å². The van der Waals surface area contributed by atoms with E-state index in [-0.39, 0.29) is 0 Å². The molecule has 0 unspecified atom stereocenters. The average molecular weight is 1950 g/mol. The van der Waals surface area contributed by atoms with E-state index in [0.29, 0.717) is 0 Å². The van der Waals surface area contributed by atoms with Crippen LogP contribution in [0.3, 0.4) is 0 Å². The minimum absolute atomic E-state index is 0.901. The van der Waals surface area contributed by atoms with Crippen LogP contribution < -0.4 is 0 Å². The number of hydrogen-bond donors (Lipinski definition) is 0. The molecule has 0 saturated carbocycles. The molecule has 0 atom stereocenters. The van der Waals surface area contributed by atoms with Crippen molar-refractivity contribution in [2.24, 2.45) is 0 Å². The van der Waals surface area contributed by atoms with Gasteiger partial charge in [0, 0.05) is 129 Å².